The molecule has 3 heteroatoms. The van der Waals surface area contributed by atoms with Crippen molar-refractivity contribution in [1.29, 1.82) is 0 Å². The lowest BCUT2D eigenvalue weighted by molar-refractivity contribution is -0.155. The highest BCUT2D eigenvalue weighted by molar-refractivity contribution is 5.69. The lowest BCUT2D eigenvalue weighted by Crippen LogP contribution is -2.35. The van der Waals surface area contributed by atoms with Crippen LogP contribution in [0.15, 0.2) is 35.9 Å². The number of hydrogen-bond donors (Lipinski definition) is 1. The van der Waals surface area contributed by atoms with Gasteiger partial charge in [-0.3, -0.25) is 4.79 Å². The summed E-state index contributed by atoms with van der Waals surface area (Å²) in [4.78, 5) is 11.8. The molecule has 2 atom stereocenters. The molecule has 0 aliphatic heterocycles. The first-order valence-electron chi connectivity index (χ1n) is 11.5. The van der Waals surface area contributed by atoms with E-state index in [1.54, 1.807) is 0 Å². The van der Waals surface area contributed by atoms with E-state index in [-0.39, 0.29) is 11.6 Å². The lowest BCUT2D eigenvalue weighted by Gasteiger charge is -2.29. The minimum Gasteiger partial charge on any atom is -0.460 e. The van der Waals surface area contributed by atoms with Crippen molar-refractivity contribution < 1.29 is 9.53 Å². The maximum Gasteiger partial charge on any atom is 0.306 e. The summed E-state index contributed by atoms with van der Waals surface area (Å²) in [6, 6.07) is 12.0. The first-order chi connectivity index (χ1) is 13.8. The van der Waals surface area contributed by atoms with Gasteiger partial charge in [0, 0.05) is 18.5 Å². The molecule has 2 fully saturated rings. The second-order valence-electron chi connectivity index (χ2n) is 10.1. The highest BCUT2D eigenvalue weighted by Crippen LogP contribution is 2.39. The molecule has 2 saturated carbocycles. The highest BCUT2D eigenvalue weighted by atomic mass is 16.6. The SMILES string of the molecule is C/C(=C\c1ccccc1)C1CC1NC1CCC(CCCC(=O)OC(C)(C)C)CC1. The van der Waals surface area contributed by atoms with Crippen molar-refractivity contribution in [3.05, 3.63) is 41.5 Å². The van der Waals surface area contributed by atoms with Crippen molar-refractivity contribution in [3.63, 3.8) is 0 Å². The molecule has 0 aromatic heterocycles. The van der Waals surface area contributed by atoms with Gasteiger partial charge in [0.2, 0.25) is 0 Å². The molecule has 3 rings (SSSR count). The largest absolute Gasteiger partial charge is 0.460 e. The van der Waals surface area contributed by atoms with Gasteiger partial charge in [0.05, 0.1) is 0 Å². The van der Waals surface area contributed by atoms with E-state index in [1.165, 1.54) is 43.2 Å². The first kappa shape index (κ1) is 22.1. The van der Waals surface area contributed by atoms with Crippen LogP contribution < -0.4 is 5.32 Å². The van der Waals surface area contributed by atoms with E-state index in [4.69, 9.17) is 4.74 Å². The molecule has 1 N–H and O–H groups in total. The van der Waals surface area contributed by atoms with Gasteiger partial charge in [-0.1, -0.05) is 42.0 Å². The van der Waals surface area contributed by atoms with Gasteiger partial charge >= 0.3 is 5.97 Å². The molecule has 2 unspecified atom stereocenters. The third kappa shape index (κ3) is 7.62. The Bertz CT molecular complexity index is 680. The minimum atomic E-state index is -0.365. The third-order valence-corrected chi connectivity index (χ3v) is 6.28. The standard InChI is InChI=1S/C26H39NO2/c1-19(17-21-9-6-5-7-10-21)23-18-24(23)27-22-15-13-20(14-16-22)11-8-12-25(28)29-26(2,3)4/h5-7,9-10,17,20,22-24,27H,8,11-16,18H2,1-4H3/b19-17+. The minimum absolute atomic E-state index is 0.0495. The molecule has 3 nitrogen and oxygen atoms in total. The van der Waals surface area contributed by atoms with Crippen molar-refractivity contribution in [2.45, 2.75) is 96.7 Å². The lowest BCUT2D eigenvalue weighted by atomic mass is 9.83. The van der Waals surface area contributed by atoms with Gasteiger partial charge in [0.25, 0.3) is 0 Å². The molecule has 160 valence electrons. The molecule has 2 aliphatic rings. The van der Waals surface area contributed by atoms with Gasteiger partial charge in [-0.05, 0) is 90.0 Å². The maximum absolute atomic E-state index is 11.8. The van der Waals surface area contributed by atoms with E-state index in [9.17, 15) is 4.79 Å². The number of hydrogen-bond acceptors (Lipinski definition) is 3. The van der Waals surface area contributed by atoms with Crippen LogP contribution in [0.25, 0.3) is 6.08 Å². The molecule has 0 radical (unpaired) electrons. The van der Waals surface area contributed by atoms with Crippen LogP contribution in [-0.2, 0) is 9.53 Å². The van der Waals surface area contributed by atoms with E-state index >= 15 is 0 Å². The van der Waals surface area contributed by atoms with E-state index in [0.717, 1.165) is 18.8 Å². The van der Waals surface area contributed by atoms with Crippen molar-refractivity contribution in [2.24, 2.45) is 11.8 Å². The molecular formula is C26H39NO2. The Balaban J connectivity index is 1.31. The highest BCUT2D eigenvalue weighted by Gasteiger charge is 2.39. The maximum atomic E-state index is 11.8. The summed E-state index contributed by atoms with van der Waals surface area (Å²) < 4.78 is 5.41. The Labute approximate surface area is 177 Å². The molecule has 1 aromatic rings. The first-order valence-corrected chi connectivity index (χ1v) is 11.5. The van der Waals surface area contributed by atoms with Crippen LogP contribution in [0.4, 0.5) is 0 Å². The number of rotatable bonds is 8. The summed E-state index contributed by atoms with van der Waals surface area (Å²) in [5.74, 6) is 1.44. The second-order valence-corrected chi connectivity index (χ2v) is 10.1. The Morgan fingerprint density at radius 3 is 2.48 bits per heavy atom. The van der Waals surface area contributed by atoms with Crippen molar-refractivity contribution in [3.8, 4) is 0 Å². The molecule has 0 bridgehead atoms. The molecule has 1 aromatic carbocycles. The normalized spacial score (nSPS) is 27.5. The van der Waals surface area contributed by atoms with Gasteiger partial charge in [-0.25, -0.2) is 0 Å². The smallest absolute Gasteiger partial charge is 0.306 e. The van der Waals surface area contributed by atoms with E-state index in [0.29, 0.717) is 24.4 Å². The van der Waals surface area contributed by atoms with Crippen LogP contribution in [0.5, 0.6) is 0 Å². The summed E-state index contributed by atoms with van der Waals surface area (Å²) in [6.07, 6.45) is 11.5. The average molecular weight is 398 g/mol. The van der Waals surface area contributed by atoms with Crippen molar-refractivity contribution in [2.75, 3.05) is 0 Å². The number of ether oxygens (including phenoxy) is 1. The summed E-state index contributed by atoms with van der Waals surface area (Å²) in [6.45, 7) is 8.08. The fourth-order valence-electron chi connectivity index (χ4n) is 4.65. The monoisotopic (exact) mass is 397 g/mol. The zero-order valence-electron chi connectivity index (χ0n) is 18.7. The number of benzene rings is 1. The van der Waals surface area contributed by atoms with Gasteiger partial charge in [-0.15, -0.1) is 0 Å². The van der Waals surface area contributed by atoms with Gasteiger partial charge in [0.1, 0.15) is 5.60 Å². The van der Waals surface area contributed by atoms with Crippen LogP contribution in [0.2, 0.25) is 0 Å². The molecular weight excluding hydrogens is 358 g/mol. The summed E-state index contributed by atoms with van der Waals surface area (Å²) >= 11 is 0. The predicted molar refractivity (Wildman–Crippen MR) is 121 cm³/mol. The van der Waals surface area contributed by atoms with Gasteiger partial charge in [-0.2, -0.15) is 0 Å². The molecule has 0 spiro atoms. The van der Waals surface area contributed by atoms with E-state index in [1.807, 2.05) is 20.8 Å². The summed E-state index contributed by atoms with van der Waals surface area (Å²) in [7, 11) is 0. The van der Waals surface area contributed by atoms with E-state index < -0.39 is 0 Å². The van der Waals surface area contributed by atoms with Gasteiger partial charge in [0.15, 0.2) is 0 Å². The van der Waals surface area contributed by atoms with Crippen LogP contribution in [-0.4, -0.2) is 23.7 Å². The van der Waals surface area contributed by atoms with Crippen LogP contribution in [0.3, 0.4) is 0 Å². The fourth-order valence-corrected chi connectivity index (χ4v) is 4.65. The third-order valence-electron chi connectivity index (χ3n) is 6.28. The Hall–Kier alpha value is -1.61. The van der Waals surface area contributed by atoms with E-state index in [2.05, 4.69) is 48.6 Å². The van der Waals surface area contributed by atoms with Crippen molar-refractivity contribution in [1.82, 2.24) is 5.32 Å². The van der Waals surface area contributed by atoms with Gasteiger partial charge < -0.3 is 10.1 Å². The van der Waals surface area contributed by atoms with Crippen LogP contribution in [0, 0.1) is 11.8 Å². The zero-order chi connectivity index (χ0) is 20.9. The Morgan fingerprint density at radius 1 is 1.14 bits per heavy atom. The molecule has 0 heterocycles. The molecule has 0 saturated heterocycles. The summed E-state index contributed by atoms with van der Waals surface area (Å²) in [5.41, 5.74) is 2.45. The van der Waals surface area contributed by atoms with Crippen LogP contribution >= 0.6 is 0 Å². The zero-order valence-corrected chi connectivity index (χ0v) is 18.7. The molecule has 0 amide bonds. The Morgan fingerprint density at radius 2 is 1.83 bits per heavy atom. The average Bonchev–Trinajstić information content (AvgIpc) is 3.42. The molecule has 2 aliphatic carbocycles. The number of carbonyl (C=O) groups is 1. The predicted octanol–water partition coefficient (Wildman–Crippen LogP) is 6.14. The van der Waals surface area contributed by atoms with Crippen LogP contribution in [0.1, 0.15) is 84.6 Å². The number of carbonyl (C=O) groups excluding carboxylic acids is 1. The number of esters is 1. The number of nitrogens with one attached hydrogen (secondary N) is 1. The topological polar surface area (TPSA) is 38.3 Å². The second kappa shape index (κ2) is 9.93. The quantitative estimate of drug-likeness (QED) is 0.536. The summed E-state index contributed by atoms with van der Waals surface area (Å²) in [5, 5.41) is 3.92. The van der Waals surface area contributed by atoms with Crippen molar-refractivity contribution >= 4 is 12.0 Å². The Kier molecular flexibility index (Phi) is 7.56. The fraction of sp³-hybridized carbons (Fsp3) is 0.654. The molecule has 29 heavy (non-hydrogen) atoms.